The molecule has 7 nitrogen and oxygen atoms in total. The van der Waals surface area contributed by atoms with E-state index >= 15 is 0 Å². The normalized spacial score (nSPS) is 18.2. The van der Waals surface area contributed by atoms with Gasteiger partial charge >= 0.3 is 0 Å². The second-order valence-corrected chi connectivity index (χ2v) is 8.44. The molecule has 3 heterocycles. The molecule has 3 aromatic carbocycles. The zero-order valence-electron chi connectivity index (χ0n) is 18.5. The van der Waals surface area contributed by atoms with Crippen LogP contribution in [0, 0.1) is 0 Å². The monoisotopic (exact) mass is 472 g/mol. The van der Waals surface area contributed by atoms with Gasteiger partial charge in [0.15, 0.2) is 6.10 Å². The van der Waals surface area contributed by atoms with Crippen LogP contribution in [0.3, 0.4) is 0 Å². The van der Waals surface area contributed by atoms with Gasteiger partial charge in [-0.25, -0.2) is 4.68 Å². The van der Waals surface area contributed by atoms with Crippen LogP contribution in [0.15, 0.2) is 78.6 Å². The van der Waals surface area contributed by atoms with Crippen LogP contribution in [0.5, 0.6) is 17.2 Å². The number of hydrogen-bond acceptors (Lipinski definition) is 6. The zero-order chi connectivity index (χ0) is 23.2. The predicted molar refractivity (Wildman–Crippen MR) is 130 cm³/mol. The number of nitrogens with one attached hydrogen (secondary N) is 1. The SMILES string of the molecule is COc1ccccc1[C@H]1Oc2ccc(Cl)cc2C2=C1[C@@H](c1ccccc1OC)n1ncnc1N2. The largest absolute Gasteiger partial charge is 0.496 e. The second-order valence-electron chi connectivity index (χ2n) is 8.01. The van der Waals surface area contributed by atoms with Crippen LogP contribution in [-0.4, -0.2) is 29.0 Å². The highest BCUT2D eigenvalue weighted by Gasteiger charge is 2.42. The molecule has 170 valence electrons. The molecule has 2 aliphatic heterocycles. The molecule has 0 unspecified atom stereocenters. The lowest BCUT2D eigenvalue weighted by Crippen LogP contribution is -2.32. The first-order valence-electron chi connectivity index (χ1n) is 10.8. The van der Waals surface area contributed by atoms with E-state index in [2.05, 4.69) is 15.4 Å². The second kappa shape index (κ2) is 8.11. The summed E-state index contributed by atoms with van der Waals surface area (Å²) >= 11 is 6.41. The first-order chi connectivity index (χ1) is 16.7. The molecule has 0 saturated heterocycles. The van der Waals surface area contributed by atoms with Gasteiger partial charge in [-0.3, -0.25) is 0 Å². The van der Waals surface area contributed by atoms with E-state index in [1.165, 1.54) is 0 Å². The third kappa shape index (κ3) is 3.12. The van der Waals surface area contributed by atoms with E-state index in [4.69, 9.17) is 25.8 Å². The molecule has 1 aromatic heterocycles. The minimum Gasteiger partial charge on any atom is -0.496 e. The van der Waals surface area contributed by atoms with Crippen LogP contribution in [0.25, 0.3) is 5.70 Å². The molecule has 34 heavy (non-hydrogen) atoms. The number of rotatable bonds is 4. The molecule has 4 aromatic rings. The molecular weight excluding hydrogens is 452 g/mol. The fourth-order valence-corrected chi connectivity index (χ4v) is 4.95. The fourth-order valence-electron chi connectivity index (χ4n) is 4.77. The van der Waals surface area contributed by atoms with E-state index < -0.39 is 6.10 Å². The maximum absolute atomic E-state index is 6.66. The summed E-state index contributed by atoms with van der Waals surface area (Å²) in [4.78, 5) is 4.47. The van der Waals surface area contributed by atoms with Gasteiger partial charge in [0.1, 0.15) is 29.6 Å². The van der Waals surface area contributed by atoms with Crippen LogP contribution in [-0.2, 0) is 0 Å². The molecule has 0 saturated carbocycles. The molecule has 2 atom stereocenters. The van der Waals surface area contributed by atoms with E-state index in [9.17, 15) is 0 Å². The maximum atomic E-state index is 6.66. The van der Waals surface area contributed by atoms with Gasteiger partial charge in [0.25, 0.3) is 0 Å². The molecule has 8 heteroatoms. The van der Waals surface area contributed by atoms with E-state index in [1.807, 2.05) is 71.4 Å². The third-order valence-corrected chi connectivity index (χ3v) is 6.47. The minimum atomic E-state index is -0.459. The average Bonchev–Trinajstić information content (AvgIpc) is 3.35. The molecule has 0 amide bonds. The fraction of sp³-hybridized carbons (Fsp3) is 0.154. The van der Waals surface area contributed by atoms with E-state index in [0.29, 0.717) is 11.0 Å². The number of benzene rings is 3. The average molecular weight is 473 g/mol. The number of anilines is 1. The van der Waals surface area contributed by atoms with Gasteiger partial charge in [-0.2, -0.15) is 10.1 Å². The minimum absolute atomic E-state index is 0.341. The van der Waals surface area contributed by atoms with E-state index in [0.717, 1.165) is 45.2 Å². The van der Waals surface area contributed by atoms with Gasteiger partial charge in [-0.1, -0.05) is 48.0 Å². The van der Waals surface area contributed by atoms with Gasteiger partial charge in [-0.05, 0) is 30.3 Å². The molecule has 0 radical (unpaired) electrons. The Balaban J connectivity index is 1.67. The summed E-state index contributed by atoms with van der Waals surface area (Å²) in [7, 11) is 3.33. The number of aromatic nitrogens is 3. The summed E-state index contributed by atoms with van der Waals surface area (Å²) in [6.45, 7) is 0. The molecule has 0 spiro atoms. The number of halogens is 1. The Morgan fingerprint density at radius 2 is 1.65 bits per heavy atom. The van der Waals surface area contributed by atoms with Crippen molar-refractivity contribution < 1.29 is 14.2 Å². The first kappa shape index (κ1) is 20.6. The molecule has 2 aliphatic rings. The van der Waals surface area contributed by atoms with Crippen molar-refractivity contribution in [2.45, 2.75) is 12.1 Å². The van der Waals surface area contributed by atoms with Crippen molar-refractivity contribution in [1.82, 2.24) is 14.8 Å². The van der Waals surface area contributed by atoms with E-state index in [1.54, 1.807) is 20.5 Å². The van der Waals surface area contributed by atoms with Gasteiger partial charge in [-0.15, -0.1) is 0 Å². The van der Waals surface area contributed by atoms with Crippen molar-refractivity contribution >= 4 is 23.2 Å². The molecule has 0 aliphatic carbocycles. The van der Waals surface area contributed by atoms with Gasteiger partial charge < -0.3 is 19.5 Å². The van der Waals surface area contributed by atoms with Crippen molar-refractivity contribution in [1.29, 1.82) is 0 Å². The third-order valence-electron chi connectivity index (χ3n) is 6.23. The summed E-state index contributed by atoms with van der Waals surface area (Å²) in [5, 5.41) is 8.67. The zero-order valence-corrected chi connectivity index (χ0v) is 19.3. The Bertz CT molecular complexity index is 1430. The number of nitrogens with zero attached hydrogens (tertiary/aromatic N) is 3. The number of hydrogen-bond donors (Lipinski definition) is 1. The number of para-hydroxylation sites is 2. The van der Waals surface area contributed by atoms with E-state index in [-0.39, 0.29) is 6.04 Å². The van der Waals surface area contributed by atoms with Crippen molar-refractivity contribution in [3.05, 3.63) is 100 Å². The Hall–Kier alpha value is -3.97. The standard InChI is InChI=1S/C26H21ClN4O3/c1-32-19-9-5-3-7-16(19)24-22-23(30-26-28-14-29-31(24)26)18-13-15(27)11-12-21(18)34-25(22)17-8-4-6-10-20(17)33-2/h3-14,24-25H,1-2H3,(H,28,29,30)/t24-,25-/m1/s1. The lowest BCUT2D eigenvalue weighted by molar-refractivity contribution is 0.217. The van der Waals surface area contributed by atoms with Gasteiger partial charge in [0, 0.05) is 27.3 Å². The quantitative estimate of drug-likeness (QED) is 0.422. The highest BCUT2D eigenvalue weighted by molar-refractivity contribution is 6.30. The molecule has 0 fully saturated rings. The lowest BCUT2D eigenvalue weighted by Gasteiger charge is -2.39. The lowest BCUT2D eigenvalue weighted by atomic mass is 9.84. The van der Waals surface area contributed by atoms with Gasteiger partial charge in [0.2, 0.25) is 5.95 Å². The smallest absolute Gasteiger partial charge is 0.226 e. The first-order valence-corrected chi connectivity index (χ1v) is 11.2. The summed E-state index contributed by atoms with van der Waals surface area (Å²) in [6, 6.07) is 21.1. The van der Waals surface area contributed by atoms with Crippen LogP contribution in [0.2, 0.25) is 5.02 Å². The van der Waals surface area contributed by atoms with Crippen LogP contribution >= 0.6 is 11.6 Å². The maximum Gasteiger partial charge on any atom is 0.226 e. The summed E-state index contributed by atoms with van der Waals surface area (Å²) in [5.74, 6) is 2.83. The highest BCUT2D eigenvalue weighted by atomic mass is 35.5. The number of fused-ring (bicyclic) bond motifs is 3. The highest BCUT2D eigenvalue weighted by Crippen LogP contribution is 2.53. The molecular formula is C26H21ClN4O3. The topological polar surface area (TPSA) is 70.4 Å². The summed E-state index contributed by atoms with van der Waals surface area (Å²) < 4.78 is 20.0. The molecule has 1 N–H and O–H groups in total. The van der Waals surface area contributed by atoms with Crippen molar-refractivity contribution in [3.8, 4) is 17.2 Å². The van der Waals surface area contributed by atoms with Gasteiger partial charge in [0.05, 0.1) is 19.9 Å². The van der Waals surface area contributed by atoms with Crippen LogP contribution in [0.1, 0.15) is 28.8 Å². The van der Waals surface area contributed by atoms with Crippen molar-refractivity contribution in [2.75, 3.05) is 19.5 Å². The Morgan fingerprint density at radius 3 is 2.41 bits per heavy atom. The van der Waals surface area contributed by atoms with Crippen LogP contribution in [0.4, 0.5) is 5.95 Å². The number of methoxy groups -OCH3 is 2. The van der Waals surface area contributed by atoms with Crippen LogP contribution < -0.4 is 19.5 Å². The predicted octanol–water partition coefficient (Wildman–Crippen LogP) is 5.51. The Labute approximate surface area is 201 Å². The molecule has 6 rings (SSSR count). The number of ether oxygens (including phenoxy) is 3. The Kier molecular flexibility index (Phi) is 4.92. The van der Waals surface area contributed by atoms with Crippen molar-refractivity contribution in [2.24, 2.45) is 0 Å². The summed E-state index contributed by atoms with van der Waals surface area (Å²) in [5.41, 5.74) is 4.56. The summed E-state index contributed by atoms with van der Waals surface area (Å²) in [6.07, 6.45) is 1.08. The molecule has 0 bridgehead atoms. The van der Waals surface area contributed by atoms with Crippen molar-refractivity contribution in [3.63, 3.8) is 0 Å². The Morgan fingerprint density at radius 1 is 0.941 bits per heavy atom.